The first-order valence-electron chi connectivity index (χ1n) is 9.05. The molecule has 8 nitrogen and oxygen atoms in total. The Hall–Kier alpha value is -1.95. The summed E-state index contributed by atoms with van der Waals surface area (Å²) in [4.78, 5) is 13.5. The van der Waals surface area contributed by atoms with E-state index >= 15 is 0 Å². The molecule has 3 rings (SSSR count). The predicted molar refractivity (Wildman–Crippen MR) is 108 cm³/mol. The summed E-state index contributed by atoms with van der Waals surface area (Å²) in [6.07, 6.45) is 1.93. The minimum Gasteiger partial charge on any atom is -0.468 e. The maximum Gasteiger partial charge on any atom is 0.241 e. The monoisotopic (exact) mass is 478 g/mol. The SMILES string of the molecule is O=C(CNS(=O)(=O)c1ccc(F)c(Cl)c1)N1CCC(S(=O)(=O)Cc2ccco2)CC1. The number of rotatable bonds is 7. The van der Waals surface area contributed by atoms with Crippen LogP contribution in [0, 0.1) is 5.82 Å². The summed E-state index contributed by atoms with van der Waals surface area (Å²) in [5, 5.41) is -0.938. The van der Waals surface area contributed by atoms with Gasteiger partial charge in [-0.25, -0.2) is 25.9 Å². The number of furan rings is 1. The van der Waals surface area contributed by atoms with Crippen LogP contribution in [0.5, 0.6) is 0 Å². The molecule has 1 saturated heterocycles. The van der Waals surface area contributed by atoms with Crippen molar-refractivity contribution in [3.8, 4) is 0 Å². The van der Waals surface area contributed by atoms with Crippen LogP contribution in [-0.2, 0) is 30.4 Å². The van der Waals surface area contributed by atoms with Gasteiger partial charge in [0, 0.05) is 13.1 Å². The summed E-state index contributed by atoms with van der Waals surface area (Å²) in [6.45, 7) is -0.100. The molecule has 0 atom stereocenters. The molecule has 2 aromatic rings. The van der Waals surface area contributed by atoms with Crippen molar-refractivity contribution in [1.29, 1.82) is 0 Å². The third kappa shape index (κ3) is 5.39. The van der Waals surface area contributed by atoms with Crippen LogP contribution in [0.4, 0.5) is 4.39 Å². The topological polar surface area (TPSA) is 114 Å². The van der Waals surface area contributed by atoms with Crippen molar-refractivity contribution in [3.63, 3.8) is 0 Å². The first-order valence-corrected chi connectivity index (χ1v) is 12.6. The minimum atomic E-state index is -4.05. The third-order valence-electron chi connectivity index (χ3n) is 4.84. The first kappa shape index (κ1) is 22.7. The molecule has 1 aliphatic heterocycles. The highest BCUT2D eigenvalue weighted by atomic mass is 35.5. The van der Waals surface area contributed by atoms with Gasteiger partial charge in [-0.2, -0.15) is 0 Å². The molecule has 1 N–H and O–H groups in total. The summed E-state index contributed by atoms with van der Waals surface area (Å²) >= 11 is 5.60. The van der Waals surface area contributed by atoms with Gasteiger partial charge in [0.2, 0.25) is 15.9 Å². The lowest BCUT2D eigenvalue weighted by Gasteiger charge is -2.31. The summed E-state index contributed by atoms with van der Waals surface area (Å²) < 4.78 is 70.0. The van der Waals surface area contributed by atoms with Crippen LogP contribution in [0.3, 0.4) is 0 Å². The lowest BCUT2D eigenvalue weighted by molar-refractivity contribution is -0.130. The number of sulfonamides is 1. The van der Waals surface area contributed by atoms with Crippen molar-refractivity contribution in [2.75, 3.05) is 19.6 Å². The van der Waals surface area contributed by atoms with Crippen molar-refractivity contribution in [2.45, 2.75) is 28.7 Å². The van der Waals surface area contributed by atoms with Gasteiger partial charge >= 0.3 is 0 Å². The fourth-order valence-electron chi connectivity index (χ4n) is 3.17. The van der Waals surface area contributed by atoms with Crippen LogP contribution in [0.25, 0.3) is 0 Å². The number of hydrogen-bond donors (Lipinski definition) is 1. The lowest BCUT2D eigenvalue weighted by Crippen LogP contribution is -2.46. The third-order valence-corrected chi connectivity index (χ3v) is 8.70. The Morgan fingerprint density at radius 3 is 2.50 bits per heavy atom. The number of sulfone groups is 1. The van der Waals surface area contributed by atoms with Gasteiger partial charge in [0.15, 0.2) is 9.84 Å². The van der Waals surface area contributed by atoms with Crippen LogP contribution in [0.2, 0.25) is 5.02 Å². The molecule has 12 heteroatoms. The number of nitrogens with zero attached hydrogens (tertiary/aromatic N) is 1. The summed E-state index contributed by atoms with van der Waals surface area (Å²) in [5.74, 6) is -1.06. The molecule has 0 spiro atoms. The van der Waals surface area contributed by atoms with Gasteiger partial charge in [-0.3, -0.25) is 4.79 Å². The number of piperidine rings is 1. The van der Waals surface area contributed by atoms with Gasteiger partial charge in [0.1, 0.15) is 17.3 Å². The Kier molecular flexibility index (Phi) is 6.85. The highest BCUT2D eigenvalue weighted by molar-refractivity contribution is 7.91. The molecule has 1 amide bonds. The second kappa shape index (κ2) is 9.04. The molecule has 0 unspecified atom stereocenters. The summed E-state index contributed by atoms with van der Waals surface area (Å²) in [7, 11) is -7.47. The second-order valence-corrected chi connectivity index (χ2v) is 11.3. The van der Waals surface area contributed by atoms with Crippen molar-refractivity contribution >= 4 is 37.4 Å². The normalized spacial score (nSPS) is 16.0. The van der Waals surface area contributed by atoms with E-state index in [4.69, 9.17) is 16.0 Å². The zero-order valence-electron chi connectivity index (χ0n) is 15.8. The summed E-state index contributed by atoms with van der Waals surface area (Å²) in [6, 6.07) is 6.14. The average molecular weight is 479 g/mol. The van der Waals surface area contributed by atoms with Gasteiger partial charge in [0.05, 0.1) is 28.0 Å². The number of likely N-dealkylation sites (tertiary alicyclic amines) is 1. The maximum atomic E-state index is 13.2. The van der Waals surface area contributed by atoms with E-state index in [0.29, 0.717) is 5.76 Å². The van der Waals surface area contributed by atoms with Crippen molar-refractivity contribution in [2.24, 2.45) is 0 Å². The maximum absolute atomic E-state index is 13.2. The number of halogens is 2. The van der Waals surface area contributed by atoms with E-state index in [2.05, 4.69) is 4.72 Å². The average Bonchev–Trinajstić information content (AvgIpc) is 3.20. The molecular weight excluding hydrogens is 459 g/mol. The fourth-order valence-corrected chi connectivity index (χ4v) is 6.14. The largest absolute Gasteiger partial charge is 0.468 e. The standard InChI is InChI=1S/C18H20ClFN2O6S2/c19-16-10-15(3-4-17(16)20)30(26,27)21-11-18(23)22-7-5-14(6-8-22)29(24,25)12-13-2-1-9-28-13/h1-4,9-10,14,21H,5-8,11-12H2. The Labute approximate surface area is 179 Å². The molecule has 1 aromatic heterocycles. The van der Waals surface area contributed by atoms with Gasteiger partial charge in [0.25, 0.3) is 0 Å². The van der Waals surface area contributed by atoms with Gasteiger partial charge < -0.3 is 9.32 Å². The highest BCUT2D eigenvalue weighted by Gasteiger charge is 2.32. The molecule has 1 aliphatic rings. The van der Waals surface area contributed by atoms with E-state index in [1.807, 2.05) is 0 Å². The molecule has 1 aromatic carbocycles. The minimum absolute atomic E-state index is 0.196. The fraction of sp³-hybridized carbons (Fsp3) is 0.389. The van der Waals surface area contributed by atoms with E-state index in [1.165, 1.54) is 11.2 Å². The Morgan fingerprint density at radius 2 is 1.90 bits per heavy atom. The molecule has 0 bridgehead atoms. The Balaban J connectivity index is 1.53. The molecule has 30 heavy (non-hydrogen) atoms. The van der Waals surface area contributed by atoms with Crippen molar-refractivity contribution in [1.82, 2.24) is 9.62 Å². The molecule has 164 valence electrons. The Morgan fingerprint density at radius 1 is 1.20 bits per heavy atom. The molecule has 0 saturated carbocycles. The second-order valence-electron chi connectivity index (χ2n) is 6.87. The molecular formula is C18H20ClFN2O6S2. The number of hydrogen-bond acceptors (Lipinski definition) is 6. The van der Waals surface area contributed by atoms with E-state index in [1.54, 1.807) is 12.1 Å². The number of benzene rings is 1. The quantitative estimate of drug-likeness (QED) is 0.650. The van der Waals surface area contributed by atoms with Crippen LogP contribution >= 0.6 is 11.6 Å². The van der Waals surface area contributed by atoms with Crippen molar-refractivity contribution < 1.29 is 30.4 Å². The zero-order chi connectivity index (χ0) is 21.9. The van der Waals surface area contributed by atoms with Crippen LogP contribution < -0.4 is 4.72 Å². The first-order chi connectivity index (χ1) is 14.1. The van der Waals surface area contributed by atoms with Gasteiger partial charge in [-0.15, -0.1) is 0 Å². The lowest BCUT2D eigenvalue weighted by atomic mass is 10.1. The van der Waals surface area contributed by atoms with Crippen molar-refractivity contribution in [3.05, 3.63) is 53.2 Å². The summed E-state index contributed by atoms with van der Waals surface area (Å²) in [5.41, 5.74) is 0. The number of carbonyl (C=O) groups is 1. The smallest absolute Gasteiger partial charge is 0.241 e. The van der Waals surface area contributed by atoms with Crippen LogP contribution in [-0.4, -0.2) is 52.5 Å². The zero-order valence-corrected chi connectivity index (χ0v) is 18.1. The Bertz CT molecular complexity index is 1110. The van der Waals surface area contributed by atoms with Crippen LogP contribution in [0.15, 0.2) is 45.9 Å². The van der Waals surface area contributed by atoms with Gasteiger partial charge in [-0.1, -0.05) is 11.6 Å². The van der Waals surface area contributed by atoms with E-state index in [9.17, 15) is 26.0 Å². The van der Waals surface area contributed by atoms with Crippen LogP contribution in [0.1, 0.15) is 18.6 Å². The van der Waals surface area contributed by atoms with Gasteiger partial charge in [-0.05, 0) is 43.2 Å². The predicted octanol–water partition coefficient (Wildman–Crippen LogP) is 1.96. The molecule has 0 aliphatic carbocycles. The van der Waals surface area contributed by atoms with E-state index < -0.39 is 43.4 Å². The van der Waals surface area contributed by atoms with E-state index in [0.717, 1.165) is 18.2 Å². The number of nitrogens with one attached hydrogen (secondary N) is 1. The molecule has 0 radical (unpaired) electrons. The molecule has 2 heterocycles. The molecule has 1 fully saturated rings. The highest BCUT2D eigenvalue weighted by Crippen LogP contribution is 2.22. The number of carbonyl (C=O) groups excluding carboxylic acids is 1. The van der Waals surface area contributed by atoms with E-state index in [-0.39, 0.29) is 41.6 Å². The number of amides is 1.